The number of furan rings is 1. The molecule has 0 aliphatic heterocycles. The van der Waals surface area contributed by atoms with Crippen molar-refractivity contribution in [3.63, 3.8) is 0 Å². The molecule has 0 aliphatic rings. The van der Waals surface area contributed by atoms with E-state index in [4.69, 9.17) is 4.42 Å². The van der Waals surface area contributed by atoms with Crippen molar-refractivity contribution in [3.05, 3.63) is 40.9 Å². The molecule has 1 N–H and O–H groups in total. The molecule has 0 unspecified atom stereocenters. The Balaban J connectivity index is 2.10. The largest absolute Gasteiger partial charge is 0.465 e. The van der Waals surface area contributed by atoms with Gasteiger partial charge in [-0.1, -0.05) is 13.8 Å². The third kappa shape index (κ3) is 3.26. The highest BCUT2D eigenvalue weighted by molar-refractivity contribution is 5.22. The van der Waals surface area contributed by atoms with E-state index < -0.39 is 0 Å². The Morgan fingerprint density at radius 3 is 2.63 bits per heavy atom. The fourth-order valence-electron chi connectivity index (χ4n) is 2.02. The average molecular weight is 261 g/mol. The molecular formula is C15H23N3O. The van der Waals surface area contributed by atoms with Gasteiger partial charge in [0.25, 0.3) is 0 Å². The van der Waals surface area contributed by atoms with E-state index in [0.717, 1.165) is 30.3 Å². The van der Waals surface area contributed by atoms with Crippen LogP contribution in [-0.4, -0.2) is 15.6 Å². The Labute approximate surface area is 114 Å². The minimum absolute atomic E-state index is 0.465. The van der Waals surface area contributed by atoms with Gasteiger partial charge in [-0.05, 0) is 26.8 Å². The van der Waals surface area contributed by atoms with Gasteiger partial charge in [-0.3, -0.25) is 0 Å². The van der Waals surface area contributed by atoms with Crippen LogP contribution in [0.4, 0.5) is 0 Å². The summed E-state index contributed by atoms with van der Waals surface area (Å²) in [6.07, 6.45) is 1.89. The van der Waals surface area contributed by atoms with Crippen LogP contribution in [0.5, 0.6) is 0 Å². The summed E-state index contributed by atoms with van der Waals surface area (Å²) in [6, 6.07) is 2.60. The first-order valence-electron chi connectivity index (χ1n) is 6.77. The lowest BCUT2D eigenvalue weighted by Crippen LogP contribution is -2.21. The van der Waals surface area contributed by atoms with Crippen molar-refractivity contribution in [2.75, 3.05) is 0 Å². The number of hydrogen-bond donors (Lipinski definition) is 1. The molecule has 0 atom stereocenters. The lowest BCUT2D eigenvalue weighted by molar-refractivity contribution is 0.445. The van der Waals surface area contributed by atoms with Crippen LogP contribution in [0.2, 0.25) is 0 Å². The Bertz CT molecular complexity index is 552. The molecule has 104 valence electrons. The maximum atomic E-state index is 5.79. The first kappa shape index (κ1) is 13.9. The summed E-state index contributed by atoms with van der Waals surface area (Å²) in [6.45, 7) is 12.0. The SMILES string of the molecule is Cc1ncn(Cc2cc(CNC(C)C)oc2C)c1C. The van der Waals surface area contributed by atoms with Crippen LogP contribution in [0.3, 0.4) is 0 Å². The van der Waals surface area contributed by atoms with Crippen LogP contribution in [0.25, 0.3) is 0 Å². The van der Waals surface area contributed by atoms with Crippen molar-refractivity contribution in [2.45, 2.75) is 53.8 Å². The number of aryl methyl sites for hydroxylation is 2. The molecule has 2 heterocycles. The van der Waals surface area contributed by atoms with Gasteiger partial charge in [0.1, 0.15) is 11.5 Å². The van der Waals surface area contributed by atoms with Crippen LogP contribution in [0.1, 0.15) is 42.3 Å². The van der Waals surface area contributed by atoms with E-state index >= 15 is 0 Å². The van der Waals surface area contributed by atoms with Crippen LogP contribution < -0.4 is 5.32 Å². The van der Waals surface area contributed by atoms with E-state index in [2.05, 4.69) is 41.7 Å². The summed E-state index contributed by atoms with van der Waals surface area (Å²) in [7, 11) is 0. The van der Waals surface area contributed by atoms with Crippen LogP contribution in [0, 0.1) is 20.8 Å². The summed E-state index contributed by atoms with van der Waals surface area (Å²) in [5.41, 5.74) is 3.52. The quantitative estimate of drug-likeness (QED) is 0.900. The molecule has 0 saturated carbocycles. The summed E-state index contributed by atoms with van der Waals surface area (Å²) < 4.78 is 7.95. The van der Waals surface area contributed by atoms with Crippen molar-refractivity contribution >= 4 is 0 Å². The highest BCUT2D eigenvalue weighted by Crippen LogP contribution is 2.17. The molecule has 0 bridgehead atoms. The van der Waals surface area contributed by atoms with Crippen LogP contribution in [0.15, 0.2) is 16.8 Å². The average Bonchev–Trinajstić information content (AvgIpc) is 2.85. The van der Waals surface area contributed by atoms with E-state index in [1.54, 1.807) is 0 Å². The second kappa shape index (κ2) is 5.61. The lowest BCUT2D eigenvalue weighted by atomic mass is 10.2. The Kier molecular flexibility index (Phi) is 4.10. The summed E-state index contributed by atoms with van der Waals surface area (Å²) in [5, 5.41) is 3.37. The van der Waals surface area contributed by atoms with Gasteiger partial charge in [0, 0.05) is 17.3 Å². The second-order valence-corrected chi connectivity index (χ2v) is 5.37. The molecule has 0 saturated heterocycles. The van der Waals surface area contributed by atoms with E-state index in [9.17, 15) is 0 Å². The third-order valence-corrected chi connectivity index (χ3v) is 3.44. The number of nitrogens with zero attached hydrogens (tertiary/aromatic N) is 2. The maximum Gasteiger partial charge on any atom is 0.118 e. The van der Waals surface area contributed by atoms with Gasteiger partial charge < -0.3 is 14.3 Å². The zero-order valence-corrected chi connectivity index (χ0v) is 12.4. The van der Waals surface area contributed by atoms with Gasteiger partial charge >= 0.3 is 0 Å². The van der Waals surface area contributed by atoms with Gasteiger partial charge in [0.05, 0.1) is 25.1 Å². The topological polar surface area (TPSA) is 43.0 Å². The maximum absolute atomic E-state index is 5.79. The summed E-state index contributed by atoms with van der Waals surface area (Å²) in [5.74, 6) is 1.99. The van der Waals surface area contributed by atoms with E-state index in [0.29, 0.717) is 6.04 Å². The fraction of sp³-hybridized carbons (Fsp3) is 0.533. The molecule has 0 fully saturated rings. The van der Waals surface area contributed by atoms with Gasteiger partial charge in [-0.2, -0.15) is 0 Å². The zero-order chi connectivity index (χ0) is 14.0. The first-order valence-corrected chi connectivity index (χ1v) is 6.77. The lowest BCUT2D eigenvalue weighted by Gasteiger charge is -2.04. The molecule has 0 amide bonds. The van der Waals surface area contributed by atoms with Crippen molar-refractivity contribution < 1.29 is 4.42 Å². The second-order valence-electron chi connectivity index (χ2n) is 5.37. The standard InChI is InChI=1S/C15H23N3O/c1-10(2)16-7-15-6-14(13(5)19-15)8-18-9-17-11(3)12(18)4/h6,9-10,16H,7-8H2,1-5H3. The van der Waals surface area contributed by atoms with Gasteiger partial charge in [0.15, 0.2) is 0 Å². The van der Waals surface area contributed by atoms with Gasteiger partial charge in [0.2, 0.25) is 0 Å². The highest BCUT2D eigenvalue weighted by Gasteiger charge is 2.10. The molecule has 2 aromatic rings. The molecule has 0 aromatic carbocycles. The number of nitrogens with one attached hydrogen (secondary N) is 1. The van der Waals surface area contributed by atoms with Crippen LogP contribution >= 0.6 is 0 Å². The van der Waals surface area contributed by atoms with Crippen LogP contribution in [-0.2, 0) is 13.1 Å². The van der Waals surface area contributed by atoms with Crippen molar-refractivity contribution in [1.82, 2.24) is 14.9 Å². The fourth-order valence-corrected chi connectivity index (χ4v) is 2.02. The molecule has 19 heavy (non-hydrogen) atoms. The number of aromatic nitrogens is 2. The first-order chi connectivity index (χ1) is 8.97. The van der Waals surface area contributed by atoms with E-state index in [1.165, 1.54) is 11.3 Å². The van der Waals surface area contributed by atoms with Gasteiger partial charge in [-0.25, -0.2) is 4.98 Å². The monoisotopic (exact) mass is 261 g/mol. The van der Waals surface area contributed by atoms with E-state index in [-0.39, 0.29) is 0 Å². The molecule has 0 spiro atoms. The van der Waals surface area contributed by atoms with Crippen molar-refractivity contribution in [1.29, 1.82) is 0 Å². The highest BCUT2D eigenvalue weighted by atomic mass is 16.3. The smallest absolute Gasteiger partial charge is 0.118 e. The molecule has 0 aliphatic carbocycles. The molecule has 2 rings (SSSR count). The normalized spacial score (nSPS) is 11.5. The minimum atomic E-state index is 0.465. The van der Waals surface area contributed by atoms with E-state index in [1.807, 2.05) is 20.2 Å². The molecule has 4 nitrogen and oxygen atoms in total. The Hall–Kier alpha value is -1.55. The predicted molar refractivity (Wildman–Crippen MR) is 76.2 cm³/mol. The number of hydrogen-bond acceptors (Lipinski definition) is 3. The van der Waals surface area contributed by atoms with Gasteiger partial charge in [-0.15, -0.1) is 0 Å². The molecule has 4 heteroatoms. The third-order valence-electron chi connectivity index (χ3n) is 3.44. The number of rotatable bonds is 5. The summed E-state index contributed by atoms with van der Waals surface area (Å²) in [4.78, 5) is 4.33. The molecule has 0 radical (unpaired) electrons. The predicted octanol–water partition coefficient (Wildman–Crippen LogP) is 2.95. The minimum Gasteiger partial charge on any atom is -0.465 e. The Morgan fingerprint density at radius 2 is 2.05 bits per heavy atom. The van der Waals surface area contributed by atoms with Crippen molar-refractivity contribution in [2.24, 2.45) is 0 Å². The van der Waals surface area contributed by atoms with Crippen molar-refractivity contribution in [3.8, 4) is 0 Å². The Morgan fingerprint density at radius 1 is 1.32 bits per heavy atom. The molecule has 2 aromatic heterocycles. The summed E-state index contributed by atoms with van der Waals surface area (Å²) >= 11 is 0. The zero-order valence-electron chi connectivity index (χ0n) is 12.4. The molecular weight excluding hydrogens is 238 g/mol. The number of imidazole rings is 1.